The second kappa shape index (κ2) is 10.3. The first-order valence-electron chi connectivity index (χ1n) is 11.0. The second-order valence-electron chi connectivity index (χ2n) is 8.03. The van der Waals surface area contributed by atoms with Crippen molar-refractivity contribution in [3.8, 4) is 0 Å². The predicted octanol–water partition coefficient (Wildman–Crippen LogP) is 4.70. The van der Waals surface area contributed by atoms with Crippen molar-refractivity contribution in [3.63, 3.8) is 0 Å². The highest BCUT2D eigenvalue weighted by atomic mass is 32.2. The highest BCUT2D eigenvalue weighted by molar-refractivity contribution is 7.92. The molecule has 0 radical (unpaired) electrons. The third kappa shape index (κ3) is 5.45. The summed E-state index contributed by atoms with van der Waals surface area (Å²) in [6, 6.07) is 18.2. The summed E-state index contributed by atoms with van der Waals surface area (Å²) in [7, 11) is -3.91. The number of allylic oxidation sites excluding steroid dienone is 1. The third-order valence-corrected chi connectivity index (χ3v) is 7.67. The molecular weight excluding hydrogens is 496 g/mol. The van der Waals surface area contributed by atoms with Crippen LogP contribution in [-0.2, 0) is 21.4 Å². The molecule has 0 aliphatic rings. The molecule has 184 valence electrons. The molecule has 1 heterocycles. The van der Waals surface area contributed by atoms with Gasteiger partial charge in [-0.3, -0.25) is 14.3 Å². The lowest BCUT2D eigenvalue weighted by atomic mass is 10.2. The van der Waals surface area contributed by atoms with Crippen LogP contribution in [0.5, 0.6) is 0 Å². The molecule has 4 aromatic rings. The molecule has 2 N–H and O–H groups in total. The van der Waals surface area contributed by atoms with Crippen LogP contribution in [0.1, 0.15) is 22.8 Å². The largest absolute Gasteiger partial charge is 0.326 e. The molecule has 10 heteroatoms. The Hall–Kier alpha value is -4.02. The lowest BCUT2D eigenvalue weighted by Crippen LogP contribution is -2.18. The Bertz CT molecular complexity index is 1650. The van der Waals surface area contributed by atoms with Crippen LogP contribution in [0.2, 0.25) is 0 Å². The number of amides is 2. The van der Waals surface area contributed by atoms with E-state index in [-0.39, 0.29) is 22.1 Å². The zero-order valence-electron chi connectivity index (χ0n) is 19.7. The van der Waals surface area contributed by atoms with Crippen LogP contribution in [0.3, 0.4) is 0 Å². The normalized spacial score (nSPS) is 11.9. The number of hydrogen-bond donors (Lipinski definition) is 2. The molecule has 36 heavy (non-hydrogen) atoms. The number of carbonyl (C=O) groups excluding carboxylic acids is 2. The van der Waals surface area contributed by atoms with E-state index in [1.54, 1.807) is 36.4 Å². The van der Waals surface area contributed by atoms with Crippen LogP contribution in [0.15, 0.2) is 89.3 Å². The first-order valence-corrected chi connectivity index (χ1v) is 13.3. The van der Waals surface area contributed by atoms with Crippen LogP contribution < -0.4 is 14.8 Å². The van der Waals surface area contributed by atoms with Crippen molar-refractivity contribution >= 4 is 54.8 Å². The molecular formula is C26H24N4O4S2. The van der Waals surface area contributed by atoms with Crippen LogP contribution >= 0.6 is 11.3 Å². The molecule has 1 aromatic heterocycles. The van der Waals surface area contributed by atoms with Crippen molar-refractivity contribution in [1.82, 2.24) is 4.57 Å². The van der Waals surface area contributed by atoms with Gasteiger partial charge >= 0.3 is 0 Å². The maximum Gasteiger partial charge on any atom is 0.281 e. The lowest BCUT2D eigenvalue weighted by Gasteiger charge is -2.11. The monoisotopic (exact) mass is 520 g/mol. The topological polar surface area (TPSA) is 110 Å². The summed E-state index contributed by atoms with van der Waals surface area (Å²) in [5.74, 6) is -0.779. The number of nitrogens with one attached hydrogen (secondary N) is 2. The van der Waals surface area contributed by atoms with Crippen molar-refractivity contribution in [2.24, 2.45) is 4.99 Å². The van der Waals surface area contributed by atoms with Gasteiger partial charge in [0.2, 0.25) is 5.91 Å². The van der Waals surface area contributed by atoms with Crippen molar-refractivity contribution in [1.29, 1.82) is 0 Å². The summed E-state index contributed by atoms with van der Waals surface area (Å²) < 4.78 is 31.0. The van der Waals surface area contributed by atoms with Gasteiger partial charge in [0.25, 0.3) is 15.9 Å². The Kier molecular flexibility index (Phi) is 7.18. The molecule has 0 bridgehead atoms. The van der Waals surface area contributed by atoms with E-state index in [1.165, 1.54) is 42.5 Å². The number of benzene rings is 3. The fourth-order valence-corrected chi connectivity index (χ4v) is 5.73. The first kappa shape index (κ1) is 25.1. The van der Waals surface area contributed by atoms with Gasteiger partial charge in [-0.15, -0.1) is 6.58 Å². The van der Waals surface area contributed by atoms with Gasteiger partial charge in [-0.1, -0.05) is 47.2 Å². The van der Waals surface area contributed by atoms with Gasteiger partial charge in [-0.2, -0.15) is 4.99 Å². The van der Waals surface area contributed by atoms with Crippen molar-refractivity contribution < 1.29 is 18.0 Å². The van der Waals surface area contributed by atoms with Gasteiger partial charge in [0.15, 0.2) is 4.80 Å². The number of rotatable bonds is 7. The number of fused-ring (bicyclic) bond motifs is 1. The van der Waals surface area contributed by atoms with E-state index in [9.17, 15) is 18.0 Å². The summed E-state index contributed by atoms with van der Waals surface area (Å²) >= 11 is 1.28. The van der Waals surface area contributed by atoms with E-state index in [2.05, 4.69) is 21.6 Å². The molecule has 0 unspecified atom stereocenters. The Morgan fingerprint density at radius 3 is 2.50 bits per heavy atom. The standard InChI is InChI=1S/C26H24N4O4S2/c1-4-15-30-23-14-11-19(27-18(3)31)16-24(23)35-26(30)28-25(32)21-7-5-6-8-22(21)29-36(33,34)20-12-9-17(2)10-13-20/h4-14,16,29H,1,15H2,2-3H3,(H,27,31). The Balaban J connectivity index is 1.74. The summed E-state index contributed by atoms with van der Waals surface area (Å²) in [5.41, 5.74) is 2.65. The number of para-hydroxylation sites is 1. The Morgan fingerprint density at radius 2 is 1.81 bits per heavy atom. The molecule has 4 rings (SSSR count). The third-order valence-electron chi connectivity index (χ3n) is 5.25. The van der Waals surface area contributed by atoms with Crippen LogP contribution in [0.25, 0.3) is 10.2 Å². The summed E-state index contributed by atoms with van der Waals surface area (Å²) in [4.78, 5) is 29.5. The molecule has 0 atom stereocenters. The zero-order chi connectivity index (χ0) is 25.9. The highest BCUT2D eigenvalue weighted by Crippen LogP contribution is 2.24. The van der Waals surface area contributed by atoms with Gasteiger partial charge < -0.3 is 9.88 Å². The maximum absolute atomic E-state index is 13.3. The van der Waals surface area contributed by atoms with E-state index in [1.807, 2.05) is 23.6 Å². The fraction of sp³-hybridized carbons (Fsp3) is 0.115. The number of sulfonamides is 1. The number of aryl methyl sites for hydroxylation is 1. The number of nitrogens with zero attached hydrogens (tertiary/aromatic N) is 2. The molecule has 0 spiro atoms. The molecule has 0 saturated heterocycles. The van der Waals surface area contributed by atoms with Crippen LogP contribution in [0.4, 0.5) is 11.4 Å². The SMILES string of the molecule is C=CCn1c(=NC(=O)c2ccccc2NS(=O)(=O)c2ccc(C)cc2)sc2cc(NC(C)=O)ccc21. The van der Waals surface area contributed by atoms with Gasteiger partial charge in [-0.05, 0) is 49.4 Å². The molecule has 3 aromatic carbocycles. The highest BCUT2D eigenvalue weighted by Gasteiger charge is 2.19. The minimum atomic E-state index is -3.91. The van der Waals surface area contributed by atoms with E-state index in [4.69, 9.17) is 0 Å². The number of carbonyl (C=O) groups is 2. The van der Waals surface area contributed by atoms with E-state index >= 15 is 0 Å². The van der Waals surface area contributed by atoms with Crippen LogP contribution in [0, 0.1) is 6.92 Å². The van der Waals surface area contributed by atoms with Crippen molar-refractivity contribution in [3.05, 3.63) is 95.3 Å². The minimum absolute atomic E-state index is 0.0931. The smallest absolute Gasteiger partial charge is 0.281 e. The first-order chi connectivity index (χ1) is 17.2. The Labute approximate surface area is 212 Å². The summed E-state index contributed by atoms with van der Waals surface area (Å²) in [6.45, 7) is 7.50. The minimum Gasteiger partial charge on any atom is -0.326 e. The van der Waals surface area contributed by atoms with Crippen molar-refractivity contribution in [2.45, 2.75) is 25.3 Å². The quantitative estimate of drug-likeness (QED) is 0.344. The van der Waals surface area contributed by atoms with Gasteiger partial charge in [0.1, 0.15) is 0 Å². The zero-order valence-corrected chi connectivity index (χ0v) is 21.3. The van der Waals surface area contributed by atoms with E-state index < -0.39 is 15.9 Å². The molecule has 0 aliphatic heterocycles. The lowest BCUT2D eigenvalue weighted by molar-refractivity contribution is -0.114. The van der Waals surface area contributed by atoms with Gasteiger partial charge in [-0.25, -0.2) is 8.42 Å². The molecule has 0 saturated carbocycles. The number of thiazole rings is 1. The average Bonchev–Trinajstić information content (AvgIpc) is 3.15. The predicted molar refractivity (Wildman–Crippen MR) is 143 cm³/mol. The summed E-state index contributed by atoms with van der Waals surface area (Å²) in [5, 5.41) is 2.75. The number of hydrogen-bond acceptors (Lipinski definition) is 5. The van der Waals surface area contributed by atoms with Gasteiger partial charge in [0, 0.05) is 19.2 Å². The summed E-state index contributed by atoms with van der Waals surface area (Å²) in [6.07, 6.45) is 1.70. The van der Waals surface area contributed by atoms with E-state index in [0.29, 0.717) is 17.0 Å². The van der Waals surface area contributed by atoms with Gasteiger partial charge in [0.05, 0.1) is 26.4 Å². The Morgan fingerprint density at radius 1 is 1.08 bits per heavy atom. The number of anilines is 2. The number of aromatic nitrogens is 1. The fourth-order valence-electron chi connectivity index (χ4n) is 3.57. The molecule has 0 fully saturated rings. The average molecular weight is 521 g/mol. The van der Waals surface area contributed by atoms with Crippen molar-refractivity contribution in [2.75, 3.05) is 10.0 Å². The molecule has 0 aliphatic carbocycles. The molecule has 8 nitrogen and oxygen atoms in total. The second-order valence-corrected chi connectivity index (χ2v) is 10.7. The maximum atomic E-state index is 13.3. The van der Waals surface area contributed by atoms with E-state index in [0.717, 1.165) is 15.8 Å². The molecule has 2 amide bonds. The van der Waals surface area contributed by atoms with Crippen LogP contribution in [-0.4, -0.2) is 24.8 Å².